The average molecular weight is 237 g/mol. The van der Waals surface area contributed by atoms with E-state index in [2.05, 4.69) is 5.16 Å². The van der Waals surface area contributed by atoms with Gasteiger partial charge >= 0.3 is 0 Å². The highest BCUT2D eigenvalue weighted by molar-refractivity contribution is 5.98. The molecule has 0 saturated carbocycles. The monoisotopic (exact) mass is 237 g/mol. The van der Waals surface area contributed by atoms with Gasteiger partial charge in [-0.1, -0.05) is 5.16 Å². The van der Waals surface area contributed by atoms with Gasteiger partial charge in [-0.25, -0.2) is 0 Å². The van der Waals surface area contributed by atoms with Crippen molar-refractivity contribution in [3.63, 3.8) is 0 Å². The molecule has 4 heteroatoms. The second-order valence-electron chi connectivity index (χ2n) is 3.98. The zero-order valence-electron chi connectivity index (χ0n) is 10.5. The van der Waals surface area contributed by atoms with Gasteiger partial charge in [-0.2, -0.15) is 0 Å². The maximum atomic E-state index is 8.62. The summed E-state index contributed by atoms with van der Waals surface area (Å²) in [6, 6.07) is 7.40. The van der Waals surface area contributed by atoms with Gasteiger partial charge in [0.1, 0.15) is 12.4 Å². The van der Waals surface area contributed by atoms with E-state index < -0.39 is 0 Å². The molecular weight excluding hydrogens is 218 g/mol. The Bertz CT molecular complexity index is 357. The van der Waals surface area contributed by atoms with Crippen LogP contribution in [0.25, 0.3) is 0 Å². The van der Waals surface area contributed by atoms with Gasteiger partial charge in [-0.15, -0.1) is 0 Å². The third kappa shape index (κ3) is 4.87. The summed E-state index contributed by atoms with van der Waals surface area (Å²) in [4.78, 5) is 0. The molecule has 1 rings (SSSR count). The van der Waals surface area contributed by atoms with Crippen LogP contribution in [0.4, 0.5) is 0 Å². The fourth-order valence-electron chi connectivity index (χ4n) is 1.29. The van der Waals surface area contributed by atoms with Crippen molar-refractivity contribution < 1.29 is 14.7 Å². The molecule has 0 fully saturated rings. The molecule has 0 aliphatic carbocycles. The van der Waals surface area contributed by atoms with E-state index in [1.54, 1.807) is 6.92 Å². The van der Waals surface area contributed by atoms with E-state index >= 15 is 0 Å². The molecule has 0 radical (unpaired) electrons. The van der Waals surface area contributed by atoms with Crippen molar-refractivity contribution in [3.05, 3.63) is 29.8 Å². The number of rotatable bonds is 6. The summed E-state index contributed by atoms with van der Waals surface area (Å²) in [5, 5.41) is 11.8. The third-order valence-electron chi connectivity index (χ3n) is 2.23. The highest BCUT2D eigenvalue weighted by atomic mass is 16.5. The minimum atomic E-state index is 0.226. The summed E-state index contributed by atoms with van der Waals surface area (Å²) < 4.78 is 10.9. The second kappa shape index (κ2) is 6.91. The molecule has 0 aliphatic rings. The lowest BCUT2D eigenvalue weighted by atomic mass is 10.1. The Hall–Kier alpha value is -1.55. The Labute approximate surface area is 102 Å². The maximum absolute atomic E-state index is 8.62. The van der Waals surface area contributed by atoms with Gasteiger partial charge in [0.2, 0.25) is 0 Å². The Balaban J connectivity index is 2.41. The first-order valence-electron chi connectivity index (χ1n) is 5.67. The molecule has 17 heavy (non-hydrogen) atoms. The van der Waals surface area contributed by atoms with Gasteiger partial charge in [-0.05, 0) is 50.6 Å². The minimum Gasteiger partial charge on any atom is -0.491 e. The molecule has 4 nitrogen and oxygen atoms in total. The molecule has 0 amide bonds. The molecule has 1 aromatic rings. The van der Waals surface area contributed by atoms with Crippen molar-refractivity contribution in [1.29, 1.82) is 0 Å². The van der Waals surface area contributed by atoms with Crippen molar-refractivity contribution in [2.24, 2.45) is 5.16 Å². The van der Waals surface area contributed by atoms with Gasteiger partial charge in [0.25, 0.3) is 0 Å². The predicted octanol–water partition coefficient (Wildman–Crippen LogP) is 2.69. The molecule has 1 N–H and O–H groups in total. The number of nitrogens with zero attached hydrogens (tertiary/aromatic N) is 1. The molecule has 0 spiro atoms. The average Bonchev–Trinajstić information content (AvgIpc) is 2.34. The van der Waals surface area contributed by atoms with Crippen LogP contribution in [-0.2, 0) is 4.74 Å². The highest BCUT2D eigenvalue weighted by Gasteiger charge is 1.99. The highest BCUT2D eigenvalue weighted by Crippen LogP contribution is 2.12. The summed E-state index contributed by atoms with van der Waals surface area (Å²) >= 11 is 0. The number of hydrogen-bond acceptors (Lipinski definition) is 4. The Kier molecular flexibility index (Phi) is 5.49. The molecule has 0 saturated heterocycles. The molecular formula is C13H19NO3. The number of benzene rings is 1. The number of hydrogen-bond donors (Lipinski definition) is 1. The lowest BCUT2D eigenvalue weighted by Gasteiger charge is -2.09. The normalized spacial score (nSPS) is 11.9. The molecule has 0 bridgehead atoms. The van der Waals surface area contributed by atoms with Crippen LogP contribution in [0.5, 0.6) is 5.75 Å². The topological polar surface area (TPSA) is 51.1 Å². The first kappa shape index (κ1) is 13.5. The van der Waals surface area contributed by atoms with Gasteiger partial charge in [-0.3, -0.25) is 0 Å². The van der Waals surface area contributed by atoms with Gasteiger partial charge in [0.05, 0.1) is 18.4 Å². The SMILES string of the molecule is CC(=NO)c1ccc(OCCOC(C)C)cc1. The fraction of sp³-hybridized carbons (Fsp3) is 0.462. The van der Waals surface area contributed by atoms with E-state index in [0.29, 0.717) is 18.9 Å². The standard InChI is InChI=1S/C13H19NO3/c1-10(2)16-8-9-17-13-6-4-12(5-7-13)11(3)14-15/h4-7,10,15H,8-9H2,1-3H3. The first-order chi connectivity index (χ1) is 8.13. The van der Waals surface area contributed by atoms with Crippen molar-refractivity contribution in [2.75, 3.05) is 13.2 Å². The fourth-order valence-corrected chi connectivity index (χ4v) is 1.29. The molecule has 0 atom stereocenters. The molecule has 0 unspecified atom stereocenters. The van der Waals surface area contributed by atoms with E-state index in [4.69, 9.17) is 14.7 Å². The van der Waals surface area contributed by atoms with Crippen LogP contribution in [0.2, 0.25) is 0 Å². The summed E-state index contributed by atoms with van der Waals surface area (Å²) in [7, 11) is 0. The molecule has 1 aromatic carbocycles. The van der Waals surface area contributed by atoms with E-state index in [9.17, 15) is 0 Å². The Morgan fingerprint density at radius 3 is 2.41 bits per heavy atom. The lowest BCUT2D eigenvalue weighted by Crippen LogP contribution is -2.11. The van der Waals surface area contributed by atoms with E-state index in [1.165, 1.54) is 0 Å². The van der Waals surface area contributed by atoms with Crippen molar-refractivity contribution >= 4 is 5.71 Å². The van der Waals surface area contributed by atoms with Gasteiger partial charge in [0.15, 0.2) is 0 Å². The number of oxime groups is 1. The molecule has 0 aliphatic heterocycles. The van der Waals surface area contributed by atoms with Crippen LogP contribution in [0, 0.1) is 0 Å². The van der Waals surface area contributed by atoms with Crippen molar-refractivity contribution in [2.45, 2.75) is 26.9 Å². The third-order valence-corrected chi connectivity index (χ3v) is 2.23. The summed E-state index contributed by atoms with van der Waals surface area (Å²) in [5.74, 6) is 0.784. The van der Waals surface area contributed by atoms with Crippen LogP contribution < -0.4 is 4.74 Å². The minimum absolute atomic E-state index is 0.226. The molecule has 94 valence electrons. The zero-order valence-corrected chi connectivity index (χ0v) is 10.5. The zero-order chi connectivity index (χ0) is 12.7. The van der Waals surface area contributed by atoms with Gasteiger partial charge < -0.3 is 14.7 Å². The Morgan fingerprint density at radius 2 is 1.88 bits per heavy atom. The van der Waals surface area contributed by atoms with E-state index in [-0.39, 0.29) is 6.10 Å². The van der Waals surface area contributed by atoms with Gasteiger partial charge in [0, 0.05) is 0 Å². The number of ether oxygens (including phenoxy) is 2. The second-order valence-corrected chi connectivity index (χ2v) is 3.98. The largest absolute Gasteiger partial charge is 0.491 e. The van der Waals surface area contributed by atoms with Crippen LogP contribution in [-0.4, -0.2) is 30.2 Å². The van der Waals surface area contributed by atoms with E-state index in [1.807, 2.05) is 38.1 Å². The van der Waals surface area contributed by atoms with Crippen molar-refractivity contribution in [3.8, 4) is 5.75 Å². The summed E-state index contributed by atoms with van der Waals surface area (Å²) in [6.07, 6.45) is 0.226. The predicted molar refractivity (Wildman–Crippen MR) is 67.0 cm³/mol. The first-order valence-corrected chi connectivity index (χ1v) is 5.67. The van der Waals surface area contributed by atoms with E-state index in [0.717, 1.165) is 11.3 Å². The van der Waals surface area contributed by atoms with Crippen LogP contribution in [0.1, 0.15) is 26.3 Å². The van der Waals surface area contributed by atoms with Crippen LogP contribution >= 0.6 is 0 Å². The molecule has 0 heterocycles. The summed E-state index contributed by atoms with van der Waals surface area (Å²) in [5.41, 5.74) is 1.46. The smallest absolute Gasteiger partial charge is 0.119 e. The molecule has 0 aromatic heterocycles. The summed E-state index contributed by atoms with van der Waals surface area (Å²) in [6.45, 7) is 6.84. The van der Waals surface area contributed by atoms with Crippen LogP contribution in [0.15, 0.2) is 29.4 Å². The van der Waals surface area contributed by atoms with Crippen molar-refractivity contribution in [1.82, 2.24) is 0 Å². The lowest BCUT2D eigenvalue weighted by molar-refractivity contribution is 0.0553. The van der Waals surface area contributed by atoms with Crippen LogP contribution in [0.3, 0.4) is 0 Å². The maximum Gasteiger partial charge on any atom is 0.119 e. The quantitative estimate of drug-likeness (QED) is 0.358. The Morgan fingerprint density at radius 1 is 1.24 bits per heavy atom.